The Kier molecular flexibility index (Phi) is 4.21. The van der Waals surface area contributed by atoms with Gasteiger partial charge >= 0.3 is 5.97 Å². The van der Waals surface area contributed by atoms with Gasteiger partial charge in [-0.15, -0.1) is 11.8 Å². The van der Waals surface area contributed by atoms with E-state index in [0.717, 1.165) is 5.69 Å². The molecule has 5 nitrogen and oxygen atoms in total. The Morgan fingerprint density at radius 2 is 2.32 bits per heavy atom. The van der Waals surface area contributed by atoms with Crippen LogP contribution in [0.2, 0.25) is 0 Å². The SMILES string of the molecule is CC(C)n1cncc1CSc1cc(C(=O)O)ccn1. The molecule has 0 saturated heterocycles. The zero-order valence-corrected chi connectivity index (χ0v) is 11.6. The summed E-state index contributed by atoms with van der Waals surface area (Å²) in [6, 6.07) is 3.44. The van der Waals surface area contributed by atoms with Crippen LogP contribution in [0, 0.1) is 0 Å². The van der Waals surface area contributed by atoms with Gasteiger partial charge in [0.05, 0.1) is 16.9 Å². The molecule has 0 unspecified atom stereocenters. The van der Waals surface area contributed by atoms with Gasteiger partial charge in [0.2, 0.25) is 0 Å². The molecule has 100 valence electrons. The van der Waals surface area contributed by atoms with Crippen molar-refractivity contribution in [1.82, 2.24) is 14.5 Å². The number of aromatic carboxylic acids is 1. The highest BCUT2D eigenvalue weighted by molar-refractivity contribution is 7.98. The molecule has 19 heavy (non-hydrogen) atoms. The average molecular weight is 277 g/mol. The second-order valence-electron chi connectivity index (χ2n) is 4.36. The number of nitrogens with zero attached hydrogens (tertiary/aromatic N) is 3. The van der Waals surface area contributed by atoms with Crippen molar-refractivity contribution >= 4 is 17.7 Å². The van der Waals surface area contributed by atoms with Crippen LogP contribution in [0.15, 0.2) is 35.9 Å². The van der Waals surface area contributed by atoms with Crippen molar-refractivity contribution in [3.63, 3.8) is 0 Å². The second kappa shape index (κ2) is 5.88. The lowest BCUT2D eigenvalue weighted by molar-refractivity contribution is 0.0696. The molecule has 2 aromatic rings. The molecular weight excluding hydrogens is 262 g/mol. The zero-order chi connectivity index (χ0) is 13.8. The largest absolute Gasteiger partial charge is 0.478 e. The summed E-state index contributed by atoms with van der Waals surface area (Å²) in [4.78, 5) is 19.2. The standard InChI is InChI=1S/C13H15N3O2S/c1-9(2)16-8-14-6-11(16)7-19-12-5-10(13(17)18)3-4-15-12/h3-6,8-9H,7H2,1-2H3,(H,17,18). The molecule has 2 rings (SSSR count). The van der Waals surface area contributed by atoms with Gasteiger partial charge in [-0.3, -0.25) is 0 Å². The maximum atomic E-state index is 10.9. The normalized spacial score (nSPS) is 10.9. The molecule has 0 bridgehead atoms. The fraction of sp³-hybridized carbons (Fsp3) is 0.308. The van der Waals surface area contributed by atoms with Crippen LogP contribution >= 0.6 is 11.8 Å². The molecule has 0 saturated carbocycles. The number of carbonyl (C=O) groups is 1. The lowest BCUT2D eigenvalue weighted by Crippen LogP contribution is -2.03. The molecule has 0 fully saturated rings. The molecule has 0 aliphatic carbocycles. The van der Waals surface area contributed by atoms with Crippen molar-refractivity contribution < 1.29 is 9.90 Å². The molecule has 1 N–H and O–H groups in total. The molecule has 2 aromatic heterocycles. The minimum atomic E-state index is -0.934. The predicted molar refractivity (Wildman–Crippen MR) is 73.4 cm³/mol. The summed E-state index contributed by atoms with van der Waals surface area (Å²) < 4.78 is 2.09. The molecule has 6 heteroatoms. The number of hydrogen-bond donors (Lipinski definition) is 1. The second-order valence-corrected chi connectivity index (χ2v) is 5.36. The first kappa shape index (κ1) is 13.6. The Labute approximate surface area is 115 Å². The molecule has 0 aliphatic rings. The third-order valence-corrected chi connectivity index (χ3v) is 3.61. The van der Waals surface area contributed by atoms with Crippen LogP contribution in [0.5, 0.6) is 0 Å². The van der Waals surface area contributed by atoms with Crippen LogP contribution in [0.25, 0.3) is 0 Å². The Balaban J connectivity index is 2.08. The number of carboxylic acid groups (broad SMARTS) is 1. The van der Waals surface area contributed by atoms with Crippen LogP contribution in [0.3, 0.4) is 0 Å². The number of carboxylic acids is 1. The van der Waals surface area contributed by atoms with Gasteiger partial charge in [-0.2, -0.15) is 0 Å². The van der Waals surface area contributed by atoms with E-state index in [0.29, 0.717) is 16.8 Å². The smallest absolute Gasteiger partial charge is 0.335 e. The van der Waals surface area contributed by atoms with Crippen LogP contribution in [0.1, 0.15) is 35.9 Å². The predicted octanol–water partition coefficient (Wildman–Crippen LogP) is 2.85. The van der Waals surface area contributed by atoms with E-state index < -0.39 is 5.97 Å². The van der Waals surface area contributed by atoms with Crippen molar-refractivity contribution in [2.45, 2.75) is 30.7 Å². The lowest BCUT2D eigenvalue weighted by Gasteiger charge is -2.11. The van der Waals surface area contributed by atoms with Gasteiger partial charge in [-0.25, -0.2) is 14.8 Å². The summed E-state index contributed by atoms with van der Waals surface area (Å²) >= 11 is 1.51. The quantitative estimate of drug-likeness (QED) is 0.851. The van der Waals surface area contributed by atoms with Gasteiger partial charge in [0.15, 0.2) is 0 Å². The first-order chi connectivity index (χ1) is 9.08. The Bertz CT molecular complexity index is 581. The molecule has 0 aromatic carbocycles. The van der Waals surface area contributed by atoms with Crippen molar-refractivity contribution in [3.05, 3.63) is 42.1 Å². The highest BCUT2D eigenvalue weighted by atomic mass is 32.2. The van der Waals surface area contributed by atoms with Gasteiger partial charge in [-0.05, 0) is 26.0 Å². The fourth-order valence-corrected chi connectivity index (χ4v) is 2.54. The van der Waals surface area contributed by atoms with Crippen LogP contribution in [-0.2, 0) is 5.75 Å². The minimum absolute atomic E-state index is 0.259. The first-order valence-corrected chi connectivity index (χ1v) is 6.89. The van der Waals surface area contributed by atoms with E-state index in [2.05, 4.69) is 28.4 Å². The highest BCUT2D eigenvalue weighted by Crippen LogP contribution is 2.22. The number of thioether (sulfide) groups is 1. The van der Waals surface area contributed by atoms with Crippen LogP contribution in [0.4, 0.5) is 0 Å². The van der Waals surface area contributed by atoms with E-state index in [1.54, 1.807) is 6.07 Å². The average Bonchev–Trinajstić information content (AvgIpc) is 2.85. The fourth-order valence-electron chi connectivity index (χ4n) is 1.68. The van der Waals surface area contributed by atoms with Gasteiger partial charge in [-0.1, -0.05) is 0 Å². The number of aromatic nitrogens is 3. The zero-order valence-electron chi connectivity index (χ0n) is 10.8. The van der Waals surface area contributed by atoms with E-state index >= 15 is 0 Å². The minimum Gasteiger partial charge on any atom is -0.478 e. The topological polar surface area (TPSA) is 68.0 Å². The van der Waals surface area contributed by atoms with Gasteiger partial charge in [0, 0.05) is 29.9 Å². The molecule has 0 amide bonds. The third kappa shape index (κ3) is 3.35. The van der Waals surface area contributed by atoms with E-state index in [1.165, 1.54) is 24.0 Å². The summed E-state index contributed by atoms with van der Waals surface area (Å²) in [7, 11) is 0. The number of pyridine rings is 1. The molecule has 0 aliphatic heterocycles. The van der Waals surface area contributed by atoms with E-state index in [-0.39, 0.29) is 5.56 Å². The summed E-state index contributed by atoms with van der Waals surface area (Å²) in [5.74, 6) is -0.217. The van der Waals surface area contributed by atoms with Crippen molar-refractivity contribution in [1.29, 1.82) is 0 Å². The summed E-state index contributed by atoms with van der Waals surface area (Å²) in [6.45, 7) is 4.19. The summed E-state index contributed by atoms with van der Waals surface area (Å²) in [6.07, 6.45) is 5.15. The molecule has 2 heterocycles. The van der Waals surface area contributed by atoms with Gasteiger partial charge in [0.1, 0.15) is 0 Å². The first-order valence-electron chi connectivity index (χ1n) is 5.91. The molecular formula is C13H15N3O2S. The van der Waals surface area contributed by atoms with Gasteiger partial charge in [0.25, 0.3) is 0 Å². The van der Waals surface area contributed by atoms with E-state index in [9.17, 15) is 4.79 Å². The number of rotatable bonds is 5. The summed E-state index contributed by atoms with van der Waals surface area (Å²) in [5.41, 5.74) is 1.36. The van der Waals surface area contributed by atoms with Crippen molar-refractivity contribution in [3.8, 4) is 0 Å². The van der Waals surface area contributed by atoms with E-state index in [1.807, 2.05) is 12.5 Å². The Hall–Kier alpha value is -1.82. The van der Waals surface area contributed by atoms with Crippen molar-refractivity contribution in [2.75, 3.05) is 0 Å². The lowest BCUT2D eigenvalue weighted by atomic mass is 10.3. The number of hydrogen-bond acceptors (Lipinski definition) is 4. The Morgan fingerprint density at radius 3 is 3.00 bits per heavy atom. The maximum absolute atomic E-state index is 10.9. The van der Waals surface area contributed by atoms with Crippen LogP contribution < -0.4 is 0 Å². The van der Waals surface area contributed by atoms with Crippen LogP contribution in [-0.4, -0.2) is 25.6 Å². The van der Waals surface area contributed by atoms with Crippen molar-refractivity contribution in [2.24, 2.45) is 0 Å². The molecule has 0 spiro atoms. The number of imidazole rings is 1. The summed E-state index contributed by atoms with van der Waals surface area (Å²) in [5, 5.41) is 9.63. The van der Waals surface area contributed by atoms with Gasteiger partial charge < -0.3 is 9.67 Å². The Morgan fingerprint density at radius 1 is 1.53 bits per heavy atom. The molecule has 0 atom stereocenters. The molecule has 0 radical (unpaired) electrons. The highest BCUT2D eigenvalue weighted by Gasteiger charge is 2.08. The maximum Gasteiger partial charge on any atom is 0.335 e. The third-order valence-electron chi connectivity index (χ3n) is 2.65. The monoisotopic (exact) mass is 277 g/mol. The van der Waals surface area contributed by atoms with E-state index in [4.69, 9.17) is 5.11 Å².